The summed E-state index contributed by atoms with van der Waals surface area (Å²) < 4.78 is 38.8. The lowest BCUT2D eigenvalue weighted by Gasteiger charge is -2.13. The number of ketones is 1. The van der Waals surface area contributed by atoms with Crippen molar-refractivity contribution in [3.8, 4) is 0 Å². The molecule has 0 saturated carbocycles. The van der Waals surface area contributed by atoms with E-state index >= 15 is 0 Å². The smallest absolute Gasteiger partial charge is 0.398 e. The third-order valence-corrected chi connectivity index (χ3v) is 3.05. The highest BCUT2D eigenvalue weighted by Gasteiger charge is 2.35. The van der Waals surface area contributed by atoms with Crippen molar-refractivity contribution in [2.45, 2.75) is 13.1 Å². The van der Waals surface area contributed by atoms with Crippen LogP contribution in [0.3, 0.4) is 0 Å². The molecule has 2 aromatic rings. The lowest BCUT2D eigenvalue weighted by atomic mass is 9.95. The van der Waals surface area contributed by atoms with E-state index in [0.717, 1.165) is 12.1 Å². The van der Waals surface area contributed by atoms with Gasteiger partial charge in [0.1, 0.15) is 0 Å². The lowest BCUT2D eigenvalue weighted by molar-refractivity contribution is -0.137. The average Bonchev–Trinajstić information content (AvgIpc) is 2.40. The van der Waals surface area contributed by atoms with Crippen LogP contribution in [0.25, 0.3) is 0 Å². The van der Waals surface area contributed by atoms with Crippen LogP contribution in [0.1, 0.15) is 27.0 Å². The number of rotatable bonds is 2. The lowest BCUT2D eigenvalue weighted by Crippen LogP contribution is -2.15. The SMILES string of the molecule is Cc1cccc(C(=O)c2ccccc2C(F)(F)F)c1N. The van der Waals surface area contributed by atoms with E-state index in [9.17, 15) is 18.0 Å². The van der Waals surface area contributed by atoms with E-state index in [0.29, 0.717) is 5.56 Å². The largest absolute Gasteiger partial charge is 0.417 e. The molecule has 0 aliphatic heterocycles. The Balaban J connectivity index is 2.58. The maximum atomic E-state index is 12.9. The van der Waals surface area contributed by atoms with Gasteiger partial charge in [-0.2, -0.15) is 13.2 Å². The maximum absolute atomic E-state index is 12.9. The van der Waals surface area contributed by atoms with Crippen molar-refractivity contribution in [3.63, 3.8) is 0 Å². The first-order valence-corrected chi connectivity index (χ1v) is 5.88. The summed E-state index contributed by atoms with van der Waals surface area (Å²) in [7, 11) is 0. The standard InChI is InChI=1S/C15H12F3NO/c1-9-5-4-7-11(13(9)19)14(20)10-6-2-3-8-12(10)15(16,17)18/h2-8H,19H2,1H3. The van der Waals surface area contributed by atoms with Crippen LogP contribution in [-0.2, 0) is 6.18 Å². The number of halogens is 3. The molecule has 2 rings (SSSR count). The minimum absolute atomic E-state index is 0.0849. The van der Waals surface area contributed by atoms with E-state index in [1.54, 1.807) is 19.1 Å². The molecule has 0 aliphatic rings. The van der Waals surface area contributed by atoms with Gasteiger partial charge in [0.2, 0.25) is 0 Å². The summed E-state index contributed by atoms with van der Waals surface area (Å²) >= 11 is 0. The molecule has 5 heteroatoms. The summed E-state index contributed by atoms with van der Waals surface area (Å²) in [6.45, 7) is 1.70. The van der Waals surface area contributed by atoms with Gasteiger partial charge in [-0.15, -0.1) is 0 Å². The zero-order valence-corrected chi connectivity index (χ0v) is 10.7. The van der Waals surface area contributed by atoms with Crippen LogP contribution in [-0.4, -0.2) is 5.78 Å². The molecule has 0 heterocycles. The summed E-state index contributed by atoms with van der Waals surface area (Å²) in [4.78, 5) is 12.3. The zero-order valence-electron chi connectivity index (χ0n) is 10.7. The topological polar surface area (TPSA) is 43.1 Å². The third kappa shape index (κ3) is 2.52. The predicted octanol–water partition coefficient (Wildman–Crippen LogP) is 3.83. The Morgan fingerprint density at radius 2 is 1.60 bits per heavy atom. The number of nitrogen functional groups attached to an aromatic ring is 1. The number of anilines is 1. The van der Waals surface area contributed by atoms with Gasteiger partial charge in [-0.3, -0.25) is 4.79 Å². The molecule has 0 unspecified atom stereocenters. The van der Waals surface area contributed by atoms with Crippen LogP contribution in [0.4, 0.5) is 18.9 Å². The Morgan fingerprint density at radius 1 is 1.00 bits per heavy atom. The number of aryl methyl sites for hydroxylation is 1. The fourth-order valence-corrected chi connectivity index (χ4v) is 1.95. The van der Waals surface area contributed by atoms with Crippen LogP contribution in [0.2, 0.25) is 0 Å². The van der Waals surface area contributed by atoms with Crippen molar-refractivity contribution in [1.82, 2.24) is 0 Å². The molecular weight excluding hydrogens is 267 g/mol. The molecule has 0 radical (unpaired) electrons. The van der Waals surface area contributed by atoms with Crippen LogP contribution >= 0.6 is 0 Å². The van der Waals surface area contributed by atoms with Gasteiger partial charge in [0.25, 0.3) is 0 Å². The van der Waals surface area contributed by atoms with Crippen LogP contribution < -0.4 is 5.73 Å². The number of hydrogen-bond donors (Lipinski definition) is 1. The molecule has 0 bridgehead atoms. The zero-order chi connectivity index (χ0) is 14.9. The molecule has 0 aliphatic carbocycles. The number of carbonyl (C=O) groups is 1. The van der Waals surface area contributed by atoms with Crippen molar-refractivity contribution in [2.24, 2.45) is 0 Å². The second-order valence-corrected chi connectivity index (χ2v) is 4.41. The molecule has 2 N–H and O–H groups in total. The fourth-order valence-electron chi connectivity index (χ4n) is 1.95. The van der Waals surface area contributed by atoms with Crippen LogP contribution in [0.15, 0.2) is 42.5 Å². The first-order valence-electron chi connectivity index (χ1n) is 5.88. The number of nitrogens with two attached hydrogens (primary N) is 1. The molecule has 0 saturated heterocycles. The van der Waals surface area contributed by atoms with Gasteiger partial charge in [0, 0.05) is 16.8 Å². The van der Waals surface area contributed by atoms with Gasteiger partial charge in [-0.05, 0) is 24.6 Å². The molecule has 0 amide bonds. The highest BCUT2D eigenvalue weighted by Crippen LogP contribution is 2.33. The Morgan fingerprint density at radius 3 is 2.25 bits per heavy atom. The molecule has 104 valence electrons. The first kappa shape index (κ1) is 14.1. The highest BCUT2D eigenvalue weighted by atomic mass is 19.4. The second-order valence-electron chi connectivity index (χ2n) is 4.41. The summed E-state index contributed by atoms with van der Waals surface area (Å²) in [5, 5.41) is 0. The van der Waals surface area contributed by atoms with Gasteiger partial charge in [-0.25, -0.2) is 0 Å². The minimum atomic E-state index is -4.58. The number of hydrogen-bond acceptors (Lipinski definition) is 2. The van der Waals surface area contributed by atoms with Gasteiger partial charge >= 0.3 is 6.18 Å². The molecule has 0 atom stereocenters. The quantitative estimate of drug-likeness (QED) is 0.670. The van der Waals surface area contributed by atoms with Crippen molar-refractivity contribution in [1.29, 1.82) is 0 Å². The monoisotopic (exact) mass is 279 g/mol. The second kappa shape index (κ2) is 5.00. The van der Waals surface area contributed by atoms with Gasteiger partial charge in [0.05, 0.1) is 5.56 Å². The highest BCUT2D eigenvalue weighted by molar-refractivity contribution is 6.13. The predicted molar refractivity (Wildman–Crippen MR) is 70.5 cm³/mol. The summed E-state index contributed by atoms with van der Waals surface area (Å²) in [6, 6.07) is 9.41. The van der Waals surface area contributed by atoms with Gasteiger partial charge < -0.3 is 5.73 Å². The molecule has 20 heavy (non-hydrogen) atoms. The molecule has 0 aromatic heterocycles. The molecule has 2 nitrogen and oxygen atoms in total. The number of carbonyl (C=O) groups excluding carboxylic acids is 1. The molecule has 0 spiro atoms. The summed E-state index contributed by atoms with van der Waals surface area (Å²) in [6.07, 6.45) is -4.58. The van der Waals surface area contributed by atoms with Gasteiger partial charge in [0.15, 0.2) is 5.78 Å². The average molecular weight is 279 g/mol. The van der Waals surface area contributed by atoms with Crippen molar-refractivity contribution < 1.29 is 18.0 Å². The van der Waals surface area contributed by atoms with Crippen LogP contribution in [0.5, 0.6) is 0 Å². The fraction of sp³-hybridized carbons (Fsp3) is 0.133. The first-order chi connectivity index (χ1) is 9.32. The summed E-state index contributed by atoms with van der Waals surface area (Å²) in [5.74, 6) is -0.723. The van der Waals surface area contributed by atoms with Crippen LogP contribution in [0, 0.1) is 6.92 Å². The Hall–Kier alpha value is -2.30. The summed E-state index contributed by atoms with van der Waals surface area (Å²) in [5.41, 5.74) is 5.37. The van der Waals surface area contributed by atoms with E-state index in [4.69, 9.17) is 5.73 Å². The van der Waals surface area contributed by atoms with Crippen molar-refractivity contribution in [2.75, 3.05) is 5.73 Å². The maximum Gasteiger partial charge on any atom is 0.417 e. The van der Waals surface area contributed by atoms with Crippen molar-refractivity contribution in [3.05, 3.63) is 64.7 Å². The van der Waals surface area contributed by atoms with E-state index in [-0.39, 0.29) is 11.3 Å². The Bertz CT molecular complexity index is 662. The van der Waals surface area contributed by atoms with E-state index in [2.05, 4.69) is 0 Å². The number of benzene rings is 2. The van der Waals surface area contributed by atoms with Crippen molar-refractivity contribution >= 4 is 11.5 Å². The number of alkyl halides is 3. The third-order valence-electron chi connectivity index (χ3n) is 3.05. The Labute approximate surface area is 114 Å². The minimum Gasteiger partial charge on any atom is -0.398 e. The normalized spacial score (nSPS) is 11.4. The Kier molecular flexibility index (Phi) is 3.53. The molecule has 0 fully saturated rings. The van der Waals surface area contributed by atoms with Gasteiger partial charge in [-0.1, -0.05) is 30.3 Å². The van der Waals surface area contributed by atoms with E-state index in [1.165, 1.54) is 18.2 Å². The molecular formula is C15H12F3NO. The molecule has 2 aromatic carbocycles. The van der Waals surface area contributed by atoms with E-state index < -0.39 is 23.1 Å². The van der Waals surface area contributed by atoms with E-state index in [1.807, 2.05) is 0 Å². The number of para-hydroxylation sites is 1.